The van der Waals surface area contributed by atoms with E-state index >= 15 is 0 Å². The fraction of sp³-hybridized carbons (Fsp3) is 0. The molecule has 2 N–H and O–H groups in total. The maximum atomic E-state index is 9.41. The van der Waals surface area contributed by atoms with E-state index < -0.39 is 11.1 Å². The standard InChI is InChI=1S/C2H5NO2S.Na.H/c3-6(1-4)2-5;;/h1-2,6H,3H2;;. The molecule has 0 bridgehead atoms. The second-order valence-corrected chi connectivity index (χ2v) is 1.97. The van der Waals surface area contributed by atoms with E-state index in [0.717, 1.165) is 0 Å². The van der Waals surface area contributed by atoms with Crippen LogP contribution in [0.15, 0.2) is 0 Å². The zero-order chi connectivity index (χ0) is 4.99. The van der Waals surface area contributed by atoms with Gasteiger partial charge in [-0.2, -0.15) is 0 Å². The van der Waals surface area contributed by atoms with Crippen molar-refractivity contribution in [1.82, 2.24) is 0 Å². The van der Waals surface area contributed by atoms with Crippen LogP contribution < -0.4 is 5.14 Å². The van der Waals surface area contributed by atoms with Gasteiger partial charge in [-0.1, -0.05) is 11.1 Å². The summed E-state index contributed by atoms with van der Waals surface area (Å²) in [5.41, 5.74) is 0.894. The van der Waals surface area contributed by atoms with Gasteiger partial charge in [-0.3, -0.25) is 14.7 Å². The van der Waals surface area contributed by atoms with Gasteiger partial charge in [0.2, 0.25) is 0 Å². The Hall–Kier alpha value is 0.650. The van der Waals surface area contributed by atoms with Crippen molar-refractivity contribution in [2.24, 2.45) is 5.14 Å². The molecule has 0 aromatic heterocycles. The predicted molar refractivity (Wildman–Crippen MR) is 33.8 cm³/mol. The number of carbonyl (C=O) groups excluding carboxylic acids is 2. The Morgan fingerprint density at radius 3 is 1.57 bits per heavy atom. The molecule has 0 fully saturated rings. The normalized spacial score (nSPS) is 8.43. The summed E-state index contributed by atoms with van der Waals surface area (Å²) < 4.78 is 0. The Kier molecular flexibility index (Phi) is 10.1. The van der Waals surface area contributed by atoms with Gasteiger partial charge in [0.25, 0.3) is 0 Å². The third-order valence-corrected chi connectivity index (χ3v) is 0.730. The summed E-state index contributed by atoms with van der Waals surface area (Å²) in [7, 11) is 0. The van der Waals surface area contributed by atoms with Crippen molar-refractivity contribution in [1.29, 1.82) is 0 Å². The van der Waals surface area contributed by atoms with Crippen LogP contribution in [0.2, 0.25) is 0 Å². The molecule has 0 heterocycles. The van der Waals surface area contributed by atoms with E-state index in [2.05, 4.69) is 0 Å². The second kappa shape index (κ2) is 6.65. The summed E-state index contributed by atoms with van der Waals surface area (Å²) in [4.78, 5) is 18.8. The monoisotopic (exact) mass is 131 g/mol. The van der Waals surface area contributed by atoms with E-state index in [1.54, 1.807) is 0 Å². The third-order valence-electron chi connectivity index (χ3n) is 0.243. The first-order chi connectivity index (χ1) is 2.81. The Morgan fingerprint density at radius 1 is 1.29 bits per heavy atom. The van der Waals surface area contributed by atoms with Crippen LogP contribution in [0.1, 0.15) is 0 Å². The Bertz CT molecular complexity index is 60.7. The number of rotatable bonds is 2. The first-order valence-corrected chi connectivity index (χ1v) is 2.80. The molecular weight excluding hydrogens is 125 g/mol. The molecule has 0 saturated heterocycles. The molecule has 5 heteroatoms. The summed E-state index contributed by atoms with van der Waals surface area (Å²) in [5, 5.41) is 4.80. The molecule has 0 aliphatic rings. The molecule has 3 nitrogen and oxygen atoms in total. The van der Waals surface area contributed by atoms with Crippen molar-refractivity contribution in [3.8, 4) is 0 Å². The number of thiol groups is 1. The molecule has 0 rings (SSSR count). The van der Waals surface area contributed by atoms with E-state index in [4.69, 9.17) is 5.14 Å². The molecule has 0 aliphatic heterocycles. The third kappa shape index (κ3) is 6.65. The van der Waals surface area contributed by atoms with Crippen LogP contribution in [-0.2, 0) is 9.59 Å². The molecule has 0 aliphatic carbocycles. The van der Waals surface area contributed by atoms with Crippen LogP contribution >= 0.6 is 11.1 Å². The molecular formula is C2H6NNaO2S. The molecule has 0 amide bonds. The van der Waals surface area contributed by atoms with Crippen LogP contribution in [0.3, 0.4) is 0 Å². The molecule has 0 radical (unpaired) electrons. The Balaban J connectivity index is 0. The summed E-state index contributed by atoms with van der Waals surface area (Å²) in [5.74, 6) is 0. The van der Waals surface area contributed by atoms with Crippen molar-refractivity contribution in [3.63, 3.8) is 0 Å². The van der Waals surface area contributed by atoms with Gasteiger partial charge >= 0.3 is 29.6 Å². The van der Waals surface area contributed by atoms with Gasteiger partial charge in [0.1, 0.15) is 0 Å². The van der Waals surface area contributed by atoms with E-state index in [-0.39, 0.29) is 29.6 Å². The van der Waals surface area contributed by atoms with Crippen LogP contribution in [0.5, 0.6) is 0 Å². The van der Waals surface area contributed by atoms with Gasteiger partial charge in [-0.05, 0) is 0 Å². The average Bonchev–Trinajstić information content (AvgIpc) is 1.65. The minimum atomic E-state index is -1.44. The Labute approximate surface area is 66.4 Å². The molecule has 7 heavy (non-hydrogen) atoms. The molecule has 0 saturated carbocycles. The summed E-state index contributed by atoms with van der Waals surface area (Å²) in [6, 6.07) is 0. The van der Waals surface area contributed by atoms with Gasteiger partial charge in [-0.25, -0.2) is 0 Å². The number of nitrogens with two attached hydrogens (primary N) is 1. The predicted octanol–water partition coefficient (Wildman–Crippen LogP) is -1.41. The Morgan fingerprint density at radius 2 is 1.57 bits per heavy atom. The zero-order valence-corrected chi connectivity index (χ0v) is 3.89. The van der Waals surface area contributed by atoms with Crippen LogP contribution in [-0.4, -0.2) is 40.8 Å². The second-order valence-electron chi connectivity index (χ2n) is 0.658. The molecule has 0 aromatic rings. The summed E-state index contributed by atoms with van der Waals surface area (Å²) in [6.07, 6.45) is 0. The van der Waals surface area contributed by atoms with Crippen molar-refractivity contribution >= 4 is 51.9 Å². The molecule has 0 spiro atoms. The van der Waals surface area contributed by atoms with Crippen molar-refractivity contribution < 1.29 is 9.59 Å². The van der Waals surface area contributed by atoms with Crippen LogP contribution in [0.25, 0.3) is 0 Å². The van der Waals surface area contributed by atoms with E-state index in [0.29, 0.717) is 11.2 Å². The van der Waals surface area contributed by atoms with Gasteiger partial charge in [0, 0.05) is 0 Å². The minimum absolute atomic E-state index is 0. The summed E-state index contributed by atoms with van der Waals surface area (Å²) >= 11 is -1.44. The molecule has 0 aromatic carbocycles. The van der Waals surface area contributed by atoms with E-state index in [1.165, 1.54) is 0 Å². The van der Waals surface area contributed by atoms with E-state index in [1.807, 2.05) is 0 Å². The zero-order valence-electron chi connectivity index (χ0n) is 3.00. The number of hydrogen-bond donors (Lipinski definition) is 2. The molecule has 0 unspecified atom stereocenters. The SMILES string of the molecule is N[SH](C=O)C=O.[NaH]. The van der Waals surface area contributed by atoms with Crippen LogP contribution in [0.4, 0.5) is 0 Å². The van der Waals surface area contributed by atoms with Gasteiger partial charge in [-0.15, -0.1) is 0 Å². The first kappa shape index (κ1) is 10.6. The quantitative estimate of drug-likeness (QED) is 0.275. The number of hydrogen-bond acceptors (Lipinski definition) is 3. The van der Waals surface area contributed by atoms with E-state index in [9.17, 15) is 9.59 Å². The fourth-order valence-corrected chi connectivity index (χ4v) is 0.0745. The molecule has 0 atom stereocenters. The van der Waals surface area contributed by atoms with Crippen LogP contribution in [0, 0.1) is 0 Å². The fourth-order valence-electron chi connectivity index (χ4n) is 0.0248. The van der Waals surface area contributed by atoms with Gasteiger partial charge in [0.05, 0.1) is 0 Å². The summed E-state index contributed by atoms with van der Waals surface area (Å²) in [6.45, 7) is 0. The van der Waals surface area contributed by atoms with Crippen molar-refractivity contribution in [3.05, 3.63) is 0 Å². The van der Waals surface area contributed by atoms with Crippen molar-refractivity contribution in [2.45, 2.75) is 0 Å². The molecule has 38 valence electrons. The van der Waals surface area contributed by atoms with Gasteiger partial charge < -0.3 is 0 Å². The van der Waals surface area contributed by atoms with Crippen molar-refractivity contribution in [2.75, 3.05) is 0 Å². The number of carbonyl (C=O) groups is 2. The first-order valence-electron chi connectivity index (χ1n) is 1.25. The van der Waals surface area contributed by atoms with Gasteiger partial charge in [0.15, 0.2) is 11.2 Å². The maximum absolute atomic E-state index is 9.41. The topological polar surface area (TPSA) is 60.2 Å². The average molecular weight is 131 g/mol.